The van der Waals surface area contributed by atoms with Gasteiger partial charge in [0.1, 0.15) is 17.1 Å². The first-order valence-corrected chi connectivity index (χ1v) is 11.7. The van der Waals surface area contributed by atoms with E-state index in [1.165, 1.54) is 0 Å². The topological polar surface area (TPSA) is 126 Å². The van der Waals surface area contributed by atoms with Crippen LogP contribution < -0.4 is 16.0 Å². The maximum Gasteiger partial charge on any atom is 0.138 e. The van der Waals surface area contributed by atoms with Crippen LogP contribution in [0.2, 0.25) is 0 Å². The molecule has 0 aliphatic rings. The smallest absolute Gasteiger partial charge is 0.138 e. The Kier molecular flexibility index (Phi) is 7.45. The van der Waals surface area contributed by atoms with Crippen molar-refractivity contribution >= 4 is 51.2 Å². The van der Waals surface area contributed by atoms with Crippen LogP contribution in [-0.2, 0) is 0 Å². The molecule has 0 radical (unpaired) electrons. The average Bonchev–Trinajstić information content (AvgIpc) is 2.88. The van der Waals surface area contributed by atoms with Crippen molar-refractivity contribution in [3.8, 4) is 0 Å². The zero-order valence-corrected chi connectivity index (χ0v) is 21.4. The highest BCUT2D eigenvalue weighted by Crippen LogP contribution is 2.40. The number of benzene rings is 4. The molecule has 4 rings (SSSR count). The molecule has 0 heterocycles. The second kappa shape index (κ2) is 10.9. The monoisotopic (exact) mass is 492 g/mol. The van der Waals surface area contributed by atoms with Crippen molar-refractivity contribution in [3.05, 3.63) is 90.5 Å². The number of aryl methyl sites for hydroxylation is 1. The van der Waals surface area contributed by atoms with Crippen molar-refractivity contribution < 1.29 is 0 Å². The highest BCUT2D eigenvalue weighted by Gasteiger charge is 2.12. The molecule has 0 spiro atoms. The summed E-state index contributed by atoms with van der Waals surface area (Å²) >= 11 is 0. The fourth-order valence-corrected chi connectivity index (χ4v) is 3.41. The number of nitrogen functional groups attached to an aromatic ring is 2. The zero-order chi connectivity index (χ0) is 26.4. The van der Waals surface area contributed by atoms with Crippen molar-refractivity contribution in [1.29, 1.82) is 0 Å². The van der Waals surface area contributed by atoms with Crippen molar-refractivity contribution in [2.75, 3.05) is 32.6 Å². The minimum atomic E-state index is 0.304. The summed E-state index contributed by atoms with van der Waals surface area (Å²) in [5.41, 5.74) is 18.6. The molecule has 9 nitrogen and oxygen atoms in total. The fraction of sp³-hybridized carbons (Fsp3) is 0.143. The first-order chi connectivity index (χ1) is 17.7. The van der Waals surface area contributed by atoms with Gasteiger partial charge in [0.15, 0.2) is 0 Å². The summed E-state index contributed by atoms with van der Waals surface area (Å²) in [7, 11) is 6.34. The van der Waals surface area contributed by atoms with E-state index in [1.807, 2.05) is 73.7 Å². The number of hydrogen-bond acceptors (Lipinski definition) is 8. The van der Waals surface area contributed by atoms with Gasteiger partial charge in [0.2, 0.25) is 0 Å². The highest BCUT2D eigenvalue weighted by molar-refractivity contribution is 5.85. The number of quaternary nitrogens is 1. The van der Waals surface area contributed by atoms with E-state index >= 15 is 0 Å². The molecule has 4 aromatic rings. The fourth-order valence-electron chi connectivity index (χ4n) is 3.41. The van der Waals surface area contributed by atoms with Gasteiger partial charge in [0, 0.05) is 6.07 Å². The van der Waals surface area contributed by atoms with Crippen LogP contribution in [0.5, 0.6) is 0 Å². The van der Waals surface area contributed by atoms with Crippen LogP contribution in [-0.4, -0.2) is 21.1 Å². The second-order valence-electron chi connectivity index (χ2n) is 9.37. The molecule has 0 aliphatic heterocycles. The van der Waals surface area contributed by atoms with E-state index in [9.17, 15) is 0 Å². The number of nitrogens with zero attached hydrogens (tertiary/aromatic N) is 7. The quantitative estimate of drug-likeness (QED) is 0.152. The van der Waals surface area contributed by atoms with Crippen LogP contribution in [0.1, 0.15) is 5.56 Å². The van der Waals surface area contributed by atoms with E-state index in [1.54, 1.807) is 12.1 Å². The summed E-state index contributed by atoms with van der Waals surface area (Å²) in [6.45, 7) is 1.94. The third-order valence-corrected chi connectivity index (χ3v) is 5.58. The van der Waals surface area contributed by atoms with Crippen LogP contribution in [0, 0.1) is 6.92 Å². The van der Waals surface area contributed by atoms with Gasteiger partial charge in [-0.25, -0.2) is 0 Å². The molecule has 0 atom stereocenters. The maximum absolute atomic E-state index is 6.18. The van der Waals surface area contributed by atoms with Gasteiger partial charge in [-0.2, -0.15) is 20.5 Å². The Labute approximate surface area is 216 Å². The molecule has 0 bridgehead atoms. The Morgan fingerprint density at radius 3 is 1.89 bits per heavy atom. The van der Waals surface area contributed by atoms with Gasteiger partial charge in [0.05, 0.1) is 55.3 Å². The SMILES string of the molecule is Cc1cc(N=Nc2cccc([N+](C)(C)C)c2)ccc1N=Nc1ccc(N)c(N)c1N=Nc1ccccc1. The number of nitrogens with two attached hydrogens (primary N) is 2. The van der Waals surface area contributed by atoms with Crippen LogP contribution >= 0.6 is 0 Å². The van der Waals surface area contributed by atoms with Gasteiger partial charge >= 0.3 is 0 Å². The van der Waals surface area contributed by atoms with Gasteiger partial charge in [0.25, 0.3) is 0 Å². The van der Waals surface area contributed by atoms with Crippen LogP contribution in [0.3, 0.4) is 0 Å². The van der Waals surface area contributed by atoms with Crippen LogP contribution in [0.25, 0.3) is 0 Å². The number of hydrogen-bond donors (Lipinski definition) is 2. The Hall–Kier alpha value is -4.76. The second-order valence-corrected chi connectivity index (χ2v) is 9.37. The predicted octanol–water partition coefficient (Wildman–Crippen LogP) is 8.60. The summed E-state index contributed by atoms with van der Waals surface area (Å²) in [6.07, 6.45) is 0. The van der Waals surface area contributed by atoms with E-state index in [2.05, 4.69) is 57.9 Å². The molecule has 186 valence electrons. The van der Waals surface area contributed by atoms with Gasteiger partial charge in [-0.3, -0.25) is 4.48 Å². The number of anilines is 2. The molecule has 9 heteroatoms. The van der Waals surface area contributed by atoms with Gasteiger partial charge in [-0.15, -0.1) is 10.2 Å². The first-order valence-electron chi connectivity index (χ1n) is 11.7. The molecule has 0 unspecified atom stereocenters. The molecule has 4 N–H and O–H groups in total. The van der Waals surface area contributed by atoms with E-state index < -0.39 is 0 Å². The molecule has 4 aromatic carbocycles. The molecule has 0 aliphatic carbocycles. The molecular formula is C28H30N9+. The molecule has 0 amide bonds. The largest absolute Gasteiger partial charge is 0.397 e. The van der Waals surface area contributed by atoms with Crippen LogP contribution in [0.15, 0.2) is 116 Å². The summed E-state index contributed by atoms with van der Waals surface area (Å²) in [6, 6.07) is 26.4. The van der Waals surface area contributed by atoms with Crippen molar-refractivity contribution in [1.82, 2.24) is 4.48 Å². The maximum atomic E-state index is 6.18. The molecule has 0 saturated carbocycles. The molecular weight excluding hydrogens is 462 g/mol. The normalized spacial score (nSPS) is 12.2. The lowest BCUT2D eigenvalue weighted by atomic mass is 10.2. The van der Waals surface area contributed by atoms with E-state index in [4.69, 9.17) is 11.5 Å². The Balaban J connectivity index is 1.56. The highest BCUT2D eigenvalue weighted by atomic mass is 15.3. The van der Waals surface area contributed by atoms with E-state index in [0.29, 0.717) is 38.6 Å². The standard InChI is InChI=1S/C28H30N9/c1-19-17-22(33-32-21-11-8-12-23(18-21)37(2,3)4)13-15-25(19)34-35-26-16-14-24(29)27(30)28(26)36-31-20-9-6-5-7-10-20/h5-18H,29-30H2,1-4H3/q+1. The summed E-state index contributed by atoms with van der Waals surface area (Å²) in [5, 5.41) is 26.1. The van der Waals surface area contributed by atoms with Crippen molar-refractivity contribution in [2.24, 2.45) is 30.7 Å². The lowest BCUT2D eigenvalue weighted by Gasteiger charge is -2.23. The molecule has 0 aromatic heterocycles. The van der Waals surface area contributed by atoms with Gasteiger partial charge < -0.3 is 11.5 Å². The summed E-state index contributed by atoms with van der Waals surface area (Å²) < 4.78 is 0.706. The predicted molar refractivity (Wildman–Crippen MR) is 151 cm³/mol. The summed E-state index contributed by atoms with van der Waals surface area (Å²) in [4.78, 5) is 0. The Bertz CT molecular complexity index is 1480. The average molecular weight is 493 g/mol. The zero-order valence-electron chi connectivity index (χ0n) is 21.4. The summed E-state index contributed by atoms with van der Waals surface area (Å²) in [5.74, 6) is 0. The van der Waals surface area contributed by atoms with Crippen molar-refractivity contribution in [2.45, 2.75) is 6.92 Å². The van der Waals surface area contributed by atoms with Crippen molar-refractivity contribution in [3.63, 3.8) is 0 Å². The molecule has 0 saturated heterocycles. The number of azo groups is 3. The first kappa shape index (κ1) is 25.3. The van der Waals surface area contributed by atoms with Crippen LogP contribution in [0.4, 0.5) is 51.2 Å². The van der Waals surface area contributed by atoms with E-state index in [-0.39, 0.29) is 0 Å². The lowest BCUT2D eigenvalue weighted by molar-refractivity contribution is 0.486. The van der Waals surface area contributed by atoms with Gasteiger partial charge in [-0.05, 0) is 67.1 Å². The van der Waals surface area contributed by atoms with E-state index in [0.717, 1.165) is 22.6 Å². The third-order valence-electron chi connectivity index (χ3n) is 5.58. The minimum Gasteiger partial charge on any atom is -0.397 e. The lowest BCUT2D eigenvalue weighted by Crippen LogP contribution is -2.34. The Morgan fingerprint density at radius 1 is 0.568 bits per heavy atom. The molecule has 0 fully saturated rings. The molecule has 37 heavy (non-hydrogen) atoms. The van der Waals surface area contributed by atoms with Gasteiger partial charge in [-0.1, -0.05) is 24.3 Å². The Morgan fingerprint density at radius 2 is 1.19 bits per heavy atom. The number of rotatable bonds is 7. The minimum absolute atomic E-state index is 0.304. The third kappa shape index (κ3) is 6.47.